The van der Waals surface area contributed by atoms with Crippen molar-refractivity contribution < 1.29 is 24.2 Å². The maximum absolute atomic E-state index is 13.1. The number of likely N-dealkylation sites (tertiary alicyclic amines) is 1. The van der Waals surface area contributed by atoms with E-state index >= 15 is 0 Å². The van der Waals surface area contributed by atoms with Crippen molar-refractivity contribution in [3.05, 3.63) is 76.9 Å². The van der Waals surface area contributed by atoms with Crippen molar-refractivity contribution in [2.45, 2.75) is 33.2 Å². The molecule has 0 radical (unpaired) electrons. The van der Waals surface area contributed by atoms with Gasteiger partial charge in [0.25, 0.3) is 11.7 Å². The maximum atomic E-state index is 13.1. The van der Waals surface area contributed by atoms with Gasteiger partial charge in [0.1, 0.15) is 23.9 Å². The number of benzene rings is 2. The van der Waals surface area contributed by atoms with E-state index in [0.717, 1.165) is 11.1 Å². The topological polar surface area (TPSA) is 76.1 Å². The fourth-order valence-corrected chi connectivity index (χ4v) is 4.17. The molecule has 1 unspecified atom stereocenters. The summed E-state index contributed by atoms with van der Waals surface area (Å²) >= 11 is 0. The summed E-state index contributed by atoms with van der Waals surface area (Å²) in [5.74, 6) is -0.517. The molecule has 1 saturated heterocycles. The van der Waals surface area contributed by atoms with Crippen LogP contribution in [0.4, 0.5) is 0 Å². The lowest BCUT2D eigenvalue weighted by atomic mass is 9.93. The number of aliphatic hydroxyl groups excluding tert-OH is 1. The minimum Gasteiger partial charge on any atom is -0.507 e. The van der Waals surface area contributed by atoms with Gasteiger partial charge < -0.3 is 19.5 Å². The van der Waals surface area contributed by atoms with Gasteiger partial charge in [-0.05, 0) is 55.2 Å². The Kier molecular flexibility index (Phi) is 7.03. The molecule has 0 saturated carbocycles. The third-order valence-electron chi connectivity index (χ3n) is 5.42. The molecule has 1 aliphatic rings. The van der Waals surface area contributed by atoms with Crippen LogP contribution in [0.1, 0.15) is 41.6 Å². The average molecular weight is 436 g/mol. The highest BCUT2D eigenvalue weighted by molar-refractivity contribution is 6.46. The molecule has 32 heavy (non-hydrogen) atoms. The van der Waals surface area contributed by atoms with Crippen LogP contribution in [-0.2, 0) is 9.59 Å². The number of methoxy groups -OCH3 is 1. The van der Waals surface area contributed by atoms with Crippen LogP contribution >= 0.6 is 0 Å². The molecule has 1 N–H and O–H groups in total. The number of amides is 1. The van der Waals surface area contributed by atoms with E-state index < -0.39 is 17.7 Å². The Balaban J connectivity index is 2.24. The van der Waals surface area contributed by atoms with E-state index in [1.54, 1.807) is 30.3 Å². The summed E-state index contributed by atoms with van der Waals surface area (Å²) in [6.45, 7) is 10.1. The highest BCUT2D eigenvalue weighted by atomic mass is 16.5. The van der Waals surface area contributed by atoms with E-state index in [4.69, 9.17) is 9.47 Å². The molecule has 0 aromatic heterocycles. The first-order chi connectivity index (χ1) is 15.3. The lowest BCUT2D eigenvalue weighted by Crippen LogP contribution is -2.30. The zero-order valence-corrected chi connectivity index (χ0v) is 19.0. The van der Waals surface area contributed by atoms with Gasteiger partial charge in [-0.25, -0.2) is 0 Å². The second-order valence-electron chi connectivity index (χ2n) is 7.83. The molecule has 1 fully saturated rings. The lowest BCUT2D eigenvalue weighted by molar-refractivity contribution is -0.139. The zero-order valence-electron chi connectivity index (χ0n) is 19.0. The van der Waals surface area contributed by atoms with E-state index in [1.807, 2.05) is 32.9 Å². The molecule has 1 atom stereocenters. The van der Waals surface area contributed by atoms with Crippen molar-refractivity contribution >= 4 is 17.4 Å². The van der Waals surface area contributed by atoms with Gasteiger partial charge in [-0.2, -0.15) is 0 Å². The van der Waals surface area contributed by atoms with Gasteiger partial charge in [-0.3, -0.25) is 9.59 Å². The second kappa shape index (κ2) is 9.73. The van der Waals surface area contributed by atoms with E-state index in [1.165, 1.54) is 12.0 Å². The molecule has 2 aromatic carbocycles. The Hall–Kier alpha value is -3.54. The number of aryl methyl sites for hydroxylation is 2. The van der Waals surface area contributed by atoms with Crippen LogP contribution < -0.4 is 9.47 Å². The molecule has 1 aliphatic heterocycles. The molecule has 0 spiro atoms. The molecule has 2 aromatic rings. The number of carbonyl (C=O) groups excluding carboxylic acids is 2. The molecule has 1 amide bonds. The van der Waals surface area contributed by atoms with Gasteiger partial charge >= 0.3 is 0 Å². The highest BCUT2D eigenvalue weighted by Gasteiger charge is 2.46. The SMILES string of the molecule is C=CCOc1cccc(C2/C(=C(\O)c3cc(C)cc(C)c3OC)C(=O)C(=O)N2CCC)c1. The smallest absolute Gasteiger partial charge is 0.295 e. The van der Waals surface area contributed by atoms with Crippen LogP contribution in [0.25, 0.3) is 5.76 Å². The molecule has 0 bridgehead atoms. The van der Waals surface area contributed by atoms with Crippen molar-refractivity contribution in [1.82, 2.24) is 4.90 Å². The Morgan fingerprint density at radius 3 is 2.62 bits per heavy atom. The first kappa shape index (κ1) is 23.1. The van der Waals surface area contributed by atoms with Crippen LogP contribution in [0.2, 0.25) is 0 Å². The van der Waals surface area contributed by atoms with E-state index in [2.05, 4.69) is 6.58 Å². The molecule has 168 valence electrons. The summed E-state index contributed by atoms with van der Waals surface area (Å²) in [6.07, 6.45) is 2.31. The largest absolute Gasteiger partial charge is 0.507 e. The molecular formula is C26H29NO5. The van der Waals surface area contributed by atoms with Gasteiger partial charge in [-0.15, -0.1) is 0 Å². The summed E-state index contributed by atoms with van der Waals surface area (Å²) in [5.41, 5.74) is 2.86. The van der Waals surface area contributed by atoms with Crippen molar-refractivity contribution in [3.63, 3.8) is 0 Å². The molecule has 3 rings (SSSR count). The molecule has 6 heteroatoms. The summed E-state index contributed by atoms with van der Waals surface area (Å²) in [4.78, 5) is 27.6. The minimum absolute atomic E-state index is 0.0487. The van der Waals surface area contributed by atoms with Crippen LogP contribution in [-0.4, -0.2) is 42.0 Å². The predicted octanol–water partition coefficient (Wildman–Crippen LogP) is 4.71. The number of hydrogen-bond donors (Lipinski definition) is 1. The Bertz CT molecular complexity index is 1090. The molecular weight excluding hydrogens is 406 g/mol. The standard InChI is InChI=1S/C26H29NO5/c1-6-11-27-22(18-9-8-10-19(15-18)32-12-7-2)21(24(29)26(27)30)23(28)20-14-16(3)13-17(4)25(20)31-5/h7-10,13-15,22,28H,2,6,11-12H2,1,3-5H3/b23-21+. The lowest BCUT2D eigenvalue weighted by Gasteiger charge is -2.25. The van der Waals surface area contributed by atoms with Crippen molar-refractivity contribution in [2.24, 2.45) is 0 Å². The number of Topliss-reactive ketones (excluding diaryl/α,β-unsaturated/α-hetero) is 1. The second-order valence-corrected chi connectivity index (χ2v) is 7.83. The van der Waals surface area contributed by atoms with E-state index in [0.29, 0.717) is 42.2 Å². The van der Waals surface area contributed by atoms with Gasteiger partial charge in [0.05, 0.1) is 24.3 Å². The summed E-state index contributed by atoms with van der Waals surface area (Å²) in [5, 5.41) is 11.4. The fourth-order valence-electron chi connectivity index (χ4n) is 4.17. The average Bonchev–Trinajstić information content (AvgIpc) is 3.02. The maximum Gasteiger partial charge on any atom is 0.295 e. The number of carbonyl (C=O) groups is 2. The zero-order chi connectivity index (χ0) is 23.4. The monoisotopic (exact) mass is 435 g/mol. The third-order valence-corrected chi connectivity index (χ3v) is 5.42. The summed E-state index contributed by atoms with van der Waals surface area (Å²) in [7, 11) is 1.52. The van der Waals surface area contributed by atoms with Crippen molar-refractivity contribution in [2.75, 3.05) is 20.3 Å². The Morgan fingerprint density at radius 1 is 1.22 bits per heavy atom. The summed E-state index contributed by atoms with van der Waals surface area (Å²) in [6, 6.07) is 10.2. The number of rotatable bonds is 8. The van der Waals surface area contributed by atoms with Crippen molar-refractivity contribution in [1.29, 1.82) is 0 Å². The number of ketones is 1. The highest BCUT2D eigenvalue weighted by Crippen LogP contribution is 2.42. The Morgan fingerprint density at radius 2 is 1.97 bits per heavy atom. The van der Waals surface area contributed by atoms with Crippen LogP contribution in [0.3, 0.4) is 0 Å². The number of hydrogen-bond acceptors (Lipinski definition) is 5. The number of ether oxygens (including phenoxy) is 2. The first-order valence-electron chi connectivity index (χ1n) is 10.6. The number of aliphatic hydroxyl groups is 1. The van der Waals surface area contributed by atoms with Crippen LogP contribution in [0.15, 0.2) is 54.6 Å². The molecule has 0 aliphatic carbocycles. The van der Waals surface area contributed by atoms with Gasteiger partial charge in [0.2, 0.25) is 0 Å². The first-order valence-corrected chi connectivity index (χ1v) is 10.6. The summed E-state index contributed by atoms with van der Waals surface area (Å²) < 4.78 is 11.2. The molecule has 1 heterocycles. The minimum atomic E-state index is -0.729. The Labute approximate surface area is 188 Å². The van der Waals surface area contributed by atoms with E-state index in [-0.39, 0.29) is 11.3 Å². The van der Waals surface area contributed by atoms with Gasteiger partial charge in [0.15, 0.2) is 0 Å². The fraction of sp³-hybridized carbons (Fsp3) is 0.308. The third kappa shape index (κ3) is 4.26. The van der Waals surface area contributed by atoms with Gasteiger partial charge in [0, 0.05) is 6.54 Å². The van der Waals surface area contributed by atoms with Crippen molar-refractivity contribution in [3.8, 4) is 11.5 Å². The molecule has 6 nitrogen and oxygen atoms in total. The van der Waals surface area contributed by atoms with Crippen LogP contribution in [0.5, 0.6) is 11.5 Å². The quantitative estimate of drug-likeness (QED) is 0.281. The van der Waals surface area contributed by atoms with Crippen LogP contribution in [0, 0.1) is 13.8 Å². The van der Waals surface area contributed by atoms with Gasteiger partial charge in [-0.1, -0.05) is 37.8 Å². The number of nitrogens with zero attached hydrogens (tertiary/aromatic N) is 1. The predicted molar refractivity (Wildman–Crippen MR) is 124 cm³/mol. The van der Waals surface area contributed by atoms with E-state index in [9.17, 15) is 14.7 Å². The normalized spacial score (nSPS) is 17.5.